The van der Waals surface area contributed by atoms with Crippen LogP contribution in [0, 0.1) is 0 Å². The first-order chi connectivity index (χ1) is 11.7. The fourth-order valence-corrected chi connectivity index (χ4v) is 3.05. The Morgan fingerprint density at radius 1 is 1.29 bits per heavy atom. The van der Waals surface area contributed by atoms with Crippen LogP contribution in [0.1, 0.15) is 6.42 Å². The highest BCUT2D eigenvalue weighted by atomic mass is 16.5. The molecule has 0 saturated carbocycles. The number of carbonyl (C=O) groups excluding carboxylic acids is 1. The lowest BCUT2D eigenvalue weighted by Gasteiger charge is -2.18. The number of ether oxygens (including phenoxy) is 1. The maximum atomic E-state index is 12.4. The first-order valence-corrected chi connectivity index (χ1v) is 7.88. The van der Waals surface area contributed by atoms with Crippen LogP contribution in [0.4, 0.5) is 11.5 Å². The van der Waals surface area contributed by atoms with Crippen LogP contribution in [0.5, 0.6) is 5.75 Å². The van der Waals surface area contributed by atoms with Crippen molar-refractivity contribution in [3.63, 3.8) is 0 Å². The van der Waals surface area contributed by atoms with Crippen LogP contribution in [0.25, 0.3) is 11.0 Å². The summed E-state index contributed by atoms with van der Waals surface area (Å²) in [6.07, 6.45) is 2.31. The Morgan fingerprint density at radius 2 is 2.21 bits per heavy atom. The first-order valence-electron chi connectivity index (χ1n) is 7.88. The van der Waals surface area contributed by atoms with Crippen molar-refractivity contribution in [2.75, 3.05) is 23.9 Å². The number of pyridine rings is 1. The third-order valence-electron chi connectivity index (χ3n) is 4.25. The number of H-pyrrole nitrogens is 1. The Hall–Kier alpha value is -3.02. The first kappa shape index (κ1) is 14.6. The number of hydrogen-bond acceptors (Lipinski definition) is 4. The molecule has 1 aliphatic heterocycles. The van der Waals surface area contributed by atoms with Gasteiger partial charge in [0.25, 0.3) is 0 Å². The molecule has 3 aromatic rings. The maximum Gasteiger partial charge on any atom is 0.229 e. The number of nitrogens with one attached hydrogen (secondary N) is 2. The summed E-state index contributed by atoms with van der Waals surface area (Å²) in [5.41, 5.74) is 1.70. The molecule has 1 atom stereocenters. The van der Waals surface area contributed by atoms with Gasteiger partial charge in [-0.1, -0.05) is 6.07 Å². The predicted octanol–water partition coefficient (Wildman–Crippen LogP) is 2.79. The molecule has 0 radical (unpaired) electrons. The van der Waals surface area contributed by atoms with Gasteiger partial charge in [0, 0.05) is 36.3 Å². The van der Waals surface area contributed by atoms with Crippen molar-refractivity contribution >= 4 is 28.4 Å². The highest BCUT2D eigenvalue weighted by Crippen LogP contribution is 2.26. The monoisotopic (exact) mass is 322 g/mol. The van der Waals surface area contributed by atoms with Gasteiger partial charge in [-0.3, -0.25) is 4.79 Å². The van der Waals surface area contributed by atoms with Crippen LogP contribution < -0.4 is 15.0 Å². The summed E-state index contributed by atoms with van der Waals surface area (Å²) in [7, 11) is 1.62. The summed E-state index contributed by atoms with van der Waals surface area (Å²) in [5, 5.41) is 4.43. The third kappa shape index (κ3) is 2.67. The van der Waals surface area contributed by atoms with E-state index in [9.17, 15) is 4.79 Å². The summed E-state index contributed by atoms with van der Waals surface area (Å²) in [4.78, 5) is 21.8. The van der Waals surface area contributed by atoms with Crippen molar-refractivity contribution < 1.29 is 9.53 Å². The van der Waals surface area contributed by atoms with Crippen LogP contribution in [0.2, 0.25) is 0 Å². The highest BCUT2D eigenvalue weighted by Gasteiger charge is 2.31. The Bertz CT molecular complexity index is 889. The molecule has 0 spiro atoms. The lowest BCUT2D eigenvalue weighted by Crippen LogP contribution is -2.27. The molecule has 4 rings (SSSR count). The minimum atomic E-state index is 0.0311. The van der Waals surface area contributed by atoms with E-state index >= 15 is 0 Å². The van der Waals surface area contributed by atoms with Crippen molar-refractivity contribution in [1.29, 1.82) is 0 Å². The van der Waals surface area contributed by atoms with Gasteiger partial charge in [-0.2, -0.15) is 0 Å². The lowest BCUT2D eigenvalue weighted by molar-refractivity contribution is -0.117. The molecular weight excluding hydrogens is 304 g/mol. The second-order valence-electron chi connectivity index (χ2n) is 5.86. The van der Waals surface area contributed by atoms with Gasteiger partial charge in [0.15, 0.2) is 0 Å². The van der Waals surface area contributed by atoms with Gasteiger partial charge in [-0.25, -0.2) is 4.98 Å². The second-order valence-corrected chi connectivity index (χ2v) is 5.86. The Morgan fingerprint density at radius 3 is 3.08 bits per heavy atom. The number of aromatic nitrogens is 2. The SMILES string of the molecule is COc1cccc(N2C[C@H](Nc3ccc4cc[nH]c4n3)CC2=O)c1. The molecule has 122 valence electrons. The van der Waals surface area contributed by atoms with E-state index in [4.69, 9.17) is 4.74 Å². The fraction of sp³-hybridized carbons (Fsp3) is 0.222. The highest BCUT2D eigenvalue weighted by molar-refractivity contribution is 5.96. The minimum Gasteiger partial charge on any atom is -0.497 e. The molecule has 3 heterocycles. The number of anilines is 2. The number of hydrogen-bond donors (Lipinski definition) is 2. The number of carbonyl (C=O) groups is 1. The summed E-state index contributed by atoms with van der Waals surface area (Å²) in [6, 6.07) is 13.5. The van der Waals surface area contributed by atoms with Crippen LogP contribution in [-0.2, 0) is 4.79 Å². The van der Waals surface area contributed by atoms with Gasteiger partial charge in [0.1, 0.15) is 17.2 Å². The zero-order valence-corrected chi connectivity index (χ0v) is 13.3. The standard InChI is InChI=1S/C18H18N4O2/c1-24-15-4-2-3-14(10-15)22-11-13(9-17(22)23)20-16-6-5-12-7-8-19-18(12)21-16/h2-8,10,13H,9,11H2,1H3,(H2,19,20,21)/t13-/m1/s1. The zero-order valence-electron chi connectivity index (χ0n) is 13.3. The molecule has 1 aromatic carbocycles. The van der Waals surface area contributed by atoms with Crippen molar-refractivity contribution in [3.05, 3.63) is 48.7 Å². The van der Waals surface area contributed by atoms with Crippen LogP contribution in [0.15, 0.2) is 48.7 Å². The molecule has 6 nitrogen and oxygen atoms in total. The van der Waals surface area contributed by atoms with Crippen molar-refractivity contribution in [2.45, 2.75) is 12.5 Å². The number of aromatic amines is 1. The van der Waals surface area contributed by atoms with Gasteiger partial charge in [0.2, 0.25) is 5.91 Å². The number of benzene rings is 1. The van der Waals surface area contributed by atoms with E-state index < -0.39 is 0 Å². The van der Waals surface area contributed by atoms with Gasteiger partial charge >= 0.3 is 0 Å². The van der Waals surface area contributed by atoms with E-state index in [-0.39, 0.29) is 11.9 Å². The van der Waals surface area contributed by atoms with E-state index in [0.29, 0.717) is 13.0 Å². The number of methoxy groups -OCH3 is 1. The van der Waals surface area contributed by atoms with Crippen LogP contribution in [-0.4, -0.2) is 35.6 Å². The smallest absolute Gasteiger partial charge is 0.229 e. The Kier molecular flexibility index (Phi) is 3.57. The molecule has 1 amide bonds. The van der Waals surface area contributed by atoms with E-state index in [2.05, 4.69) is 15.3 Å². The molecule has 6 heteroatoms. The quantitative estimate of drug-likeness (QED) is 0.775. The molecule has 2 N–H and O–H groups in total. The largest absolute Gasteiger partial charge is 0.497 e. The molecule has 2 aromatic heterocycles. The van der Waals surface area contributed by atoms with Crippen molar-refractivity contribution in [3.8, 4) is 5.75 Å². The van der Waals surface area contributed by atoms with Gasteiger partial charge in [-0.15, -0.1) is 0 Å². The number of rotatable bonds is 4. The Balaban J connectivity index is 1.50. The molecule has 1 fully saturated rings. The topological polar surface area (TPSA) is 70.2 Å². The third-order valence-corrected chi connectivity index (χ3v) is 4.25. The summed E-state index contributed by atoms with van der Waals surface area (Å²) in [6.45, 7) is 0.608. The lowest BCUT2D eigenvalue weighted by atomic mass is 10.2. The van der Waals surface area contributed by atoms with Gasteiger partial charge < -0.3 is 19.9 Å². The predicted molar refractivity (Wildman–Crippen MR) is 93.5 cm³/mol. The van der Waals surface area contributed by atoms with Crippen molar-refractivity contribution in [2.24, 2.45) is 0 Å². The number of fused-ring (bicyclic) bond motifs is 1. The number of nitrogens with zero attached hydrogens (tertiary/aromatic N) is 2. The molecule has 1 saturated heterocycles. The molecule has 24 heavy (non-hydrogen) atoms. The maximum absolute atomic E-state index is 12.4. The van der Waals surface area contributed by atoms with Gasteiger partial charge in [0.05, 0.1) is 13.2 Å². The average Bonchev–Trinajstić information content (AvgIpc) is 3.21. The molecular formula is C18H18N4O2. The van der Waals surface area contributed by atoms with E-state index in [1.54, 1.807) is 12.0 Å². The summed E-state index contributed by atoms with van der Waals surface area (Å²) < 4.78 is 5.24. The van der Waals surface area contributed by atoms with Crippen molar-refractivity contribution in [1.82, 2.24) is 9.97 Å². The normalized spacial score (nSPS) is 17.5. The summed E-state index contributed by atoms with van der Waals surface area (Å²) >= 11 is 0. The summed E-state index contributed by atoms with van der Waals surface area (Å²) in [5.74, 6) is 1.62. The Labute approximate surface area is 139 Å². The van der Waals surface area contributed by atoms with Crippen LogP contribution >= 0.6 is 0 Å². The molecule has 0 bridgehead atoms. The molecule has 0 aliphatic carbocycles. The van der Waals surface area contributed by atoms with E-state index in [0.717, 1.165) is 28.3 Å². The van der Waals surface area contributed by atoms with E-state index in [1.165, 1.54) is 0 Å². The minimum absolute atomic E-state index is 0.0311. The number of amides is 1. The molecule has 0 unspecified atom stereocenters. The average molecular weight is 322 g/mol. The zero-order chi connectivity index (χ0) is 16.5. The van der Waals surface area contributed by atoms with Crippen LogP contribution in [0.3, 0.4) is 0 Å². The second kappa shape index (κ2) is 5.88. The fourth-order valence-electron chi connectivity index (χ4n) is 3.05. The van der Waals surface area contributed by atoms with E-state index in [1.807, 2.05) is 48.7 Å². The molecule has 1 aliphatic rings. The van der Waals surface area contributed by atoms with Gasteiger partial charge in [-0.05, 0) is 30.3 Å².